The second-order valence-corrected chi connectivity index (χ2v) is 6.77. The lowest BCUT2D eigenvalue weighted by Gasteiger charge is -2.17. The molecule has 2 aromatic heterocycles. The Hall–Kier alpha value is -1.47. The van der Waals surface area contributed by atoms with E-state index < -0.39 is 0 Å². The Bertz CT molecular complexity index is 665. The average molecular weight is 305 g/mol. The molecule has 0 aliphatic heterocycles. The van der Waals surface area contributed by atoms with E-state index in [0.717, 1.165) is 33.7 Å². The van der Waals surface area contributed by atoms with E-state index in [1.807, 2.05) is 13.0 Å². The number of pyridine rings is 1. The fraction of sp³-hybridized carbons (Fsp3) is 0.385. The summed E-state index contributed by atoms with van der Waals surface area (Å²) in [7, 11) is 0. The molecule has 0 fully saturated rings. The van der Waals surface area contributed by atoms with Crippen molar-refractivity contribution in [2.75, 3.05) is 0 Å². The van der Waals surface area contributed by atoms with Crippen molar-refractivity contribution in [2.24, 2.45) is 5.73 Å². The van der Waals surface area contributed by atoms with Crippen LogP contribution in [0.3, 0.4) is 0 Å². The Morgan fingerprint density at radius 2 is 2.15 bits per heavy atom. The lowest BCUT2D eigenvalue weighted by Crippen LogP contribution is -2.16. The molecule has 0 saturated heterocycles. The van der Waals surface area contributed by atoms with Gasteiger partial charge >= 0.3 is 0 Å². The number of nitrogens with two attached hydrogens (primary N) is 1. The number of hydrogen-bond donors (Lipinski definition) is 2. The second kappa shape index (κ2) is 5.49. The number of fused-ring (bicyclic) bond motifs is 1. The summed E-state index contributed by atoms with van der Waals surface area (Å²) in [5.74, 6) is 0.828. The van der Waals surface area contributed by atoms with Gasteiger partial charge < -0.3 is 5.73 Å². The quantitative estimate of drug-likeness (QED) is 0.672. The van der Waals surface area contributed by atoms with E-state index >= 15 is 0 Å². The van der Waals surface area contributed by atoms with Gasteiger partial charge in [0, 0.05) is 11.3 Å². The van der Waals surface area contributed by atoms with Gasteiger partial charge in [-0.15, -0.1) is 0 Å². The van der Waals surface area contributed by atoms with Gasteiger partial charge in [0.1, 0.15) is 16.7 Å². The first-order valence-corrected chi connectivity index (χ1v) is 8.08. The predicted molar refractivity (Wildman–Crippen MR) is 80.7 cm³/mol. The van der Waals surface area contributed by atoms with Crippen LogP contribution in [0.25, 0.3) is 0 Å². The predicted octanol–water partition coefficient (Wildman–Crippen LogP) is 2.56. The third kappa shape index (κ3) is 2.69. The number of aryl methyl sites for hydroxylation is 3. The van der Waals surface area contributed by atoms with Crippen molar-refractivity contribution in [1.29, 1.82) is 5.41 Å². The molecular weight excluding hydrogens is 290 g/mol. The third-order valence-corrected chi connectivity index (χ3v) is 5.10. The lowest BCUT2D eigenvalue weighted by molar-refractivity contribution is 0.660. The normalized spacial score (nSPS) is 14.1. The summed E-state index contributed by atoms with van der Waals surface area (Å²) < 4.78 is 5.01. The van der Waals surface area contributed by atoms with E-state index in [1.54, 1.807) is 0 Å². The van der Waals surface area contributed by atoms with E-state index in [9.17, 15) is 0 Å². The SMILES string of the molecule is Cc1nsc(Sc2nc3c(cc2C(=N)N)CCCC3)n1. The van der Waals surface area contributed by atoms with Gasteiger partial charge in [-0.05, 0) is 67.5 Å². The summed E-state index contributed by atoms with van der Waals surface area (Å²) in [6.45, 7) is 1.87. The maximum absolute atomic E-state index is 7.76. The Morgan fingerprint density at radius 3 is 2.85 bits per heavy atom. The number of rotatable bonds is 3. The van der Waals surface area contributed by atoms with Crippen molar-refractivity contribution in [2.45, 2.75) is 42.0 Å². The summed E-state index contributed by atoms with van der Waals surface area (Å²) in [6.07, 6.45) is 4.41. The van der Waals surface area contributed by atoms with E-state index in [2.05, 4.69) is 9.36 Å². The van der Waals surface area contributed by atoms with Gasteiger partial charge in [0.15, 0.2) is 4.34 Å². The molecule has 2 heterocycles. The third-order valence-electron chi connectivity index (χ3n) is 3.25. The minimum absolute atomic E-state index is 0.0645. The Labute approximate surface area is 125 Å². The summed E-state index contributed by atoms with van der Waals surface area (Å²) >= 11 is 2.80. The smallest absolute Gasteiger partial charge is 0.176 e. The highest BCUT2D eigenvalue weighted by Gasteiger charge is 2.18. The molecule has 1 aliphatic carbocycles. The van der Waals surface area contributed by atoms with Crippen LogP contribution in [0.4, 0.5) is 0 Å². The summed E-state index contributed by atoms with van der Waals surface area (Å²) in [4.78, 5) is 9.06. The molecule has 104 valence electrons. The Balaban J connectivity index is 2.01. The minimum atomic E-state index is 0.0645. The van der Waals surface area contributed by atoms with Crippen LogP contribution in [0, 0.1) is 12.3 Å². The van der Waals surface area contributed by atoms with Crippen LogP contribution >= 0.6 is 23.3 Å². The maximum atomic E-state index is 7.76. The largest absolute Gasteiger partial charge is 0.384 e. The standard InChI is InChI=1S/C13H15N5S2/c1-7-16-13(20-18-7)19-12-9(11(14)15)6-8-4-2-3-5-10(8)17-12/h6H,2-5H2,1H3,(H3,14,15). The van der Waals surface area contributed by atoms with Crippen LogP contribution in [0.2, 0.25) is 0 Å². The van der Waals surface area contributed by atoms with Crippen LogP contribution in [0.5, 0.6) is 0 Å². The molecule has 20 heavy (non-hydrogen) atoms. The molecule has 0 amide bonds. The first-order chi connectivity index (χ1) is 9.63. The molecule has 7 heteroatoms. The number of nitrogens with one attached hydrogen (secondary N) is 1. The fourth-order valence-electron chi connectivity index (χ4n) is 2.29. The summed E-state index contributed by atoms with van der Waals surface area (Å²) in [5, 5.41) is 8.53. The van der Waals surface area contributed by atoms with Crippen LogP contribution in [-0.2, 0) is 12.8 Å². The molecule has 1 aliphatic rings. The molecule has 3 rings (SSSR count). The molecule has 0 saturated carbocycles. The highest BCUT2D eigenvalue weighted by molar-refractivity contribution is 8.01. The molecule has 0 unspecified atom stereocenters. The zero-order chi connectivity index (χ0) is 14.1. The zero-order valence-electron chi connectivity index (χ0n) is 11.1. The van der Waals surface area contributed by atoms with Crippen LogP contribution in [-0.4, -0.2) is 20.2 Å². The molecule has 0 radical (unpaired) electrons. The maximum Gasteiger partial charge on any atom is 0.176 e. The lowest BCUT2D eigenvalue weighted by atomic mass is 9.95. The molecule has 0 atom stereocenters. The summed E-state index contributed by atoms with van der Waals surface area (Å²) in [6, 6.07) is 2.03. The minimum Gasteiger partial charge on any atom is -0.384 e. The van der Waals surface area contributed by atoms with Crippen molar-refractivity contribution < 1.29 is 0 Å². The van der Waals surface area contributed by atoms with Gasteiger partial charge in [0.25, 0.3) is 0 Å². The average Bonchev–Trinajstić information content (AvgIpc) is 2.83. The van der Waals surface area contributed by atoms with Crippen LogP contribution in [0.15, 0.2) is 15.4 Å². The molecule has 0 aromatic carbocycles. The number of nitrogen functional groups attached to an aromatic ring is 1. The monoisotopic (exact) mass is 305 g/mol. The molecule has 0 bridgehead atoms. The van der Waals surface area contributed by atoms with E-state index in [1.165, 1.54) is 41.7 Å². The number of amidine groups is 1. The molecular formula is C13H15N5S2. The highest BCUT2D eigenvalue weighted by atomic mass is 32.2. The van der Waals surface area contributed by atoms with Gasteiger partial charge in [-0.1, -0.05) is 0 Å². The van der Waals surface area contributed by atoms with Crippen molar-refractivity contribution in [3.63, 3.8) is 0 Å². The molecule has 5 nitrogen and oxygen atoms in total. The van der Waals surface area contributed by atoms with E-state index in [-0.39, 0.29) is 5.84 Å². The van der Waals surface area contributed by atoms with Crippen LogP contribution < -0.4 is 5.73 Å². The second-order valence-electron chi connectivity index (χ2n) is 4.78. The number of hydrogen-bond acceptors (Lipinski definition) is 6. The molecule has 3 N–H and O–H groups in total. The van der Waals surface area contributed by atoms with Gasteiger partial charge in [-0.3, -0.25) is 5.41 Å². The molecule has 2 aromatic rings. The van der Waals surface area contributed by atoms with Crippen molar-refractivity contribution in [3.05, 3.63) is 28.7 Å². The number of aromatic nitrogens is 3. The number of nitrogens with zero attached hydrogens (tertiary/aromatic N) is 3. The summed E-state index contributed by atoms with van der Waals surface area (Å²) in [5.41, 5.74) is 8.79. The van der Waals surface area contributed by atoms with Crippen molar-refractivity contribution in [1.82, 2.24) is 14.3 Å². The Morgan fingerprint density at radius 1 is 1.35 bits per heavy atom. The highest BCUT2D eigenvalue weighted by Crippen LogP contribution is 2.32. The molecule has 0 spiro atoms. The van der Waals surface area contributed by atoms with E-state index in [4.69, 9.17) is 16.1 Å². The first-order valence-electron chi connectivity index (χ1n) is 6.49. The van der Waals surface area contributed by atoms with Gasteiger partial charge in [-0.25, -0.2) is 9.97 Å². The van der Waals surface area contributed by atoms with Gasteiger partial charge in [-0.2, -0.15) is 4.37 Å². The van der Waals surface area contributed by atoms with E-state index in [0.29, 0.717) is 5.56 Å². The van der Waals surface area contributed by atoms with Gasteiger partial charge in [0.05, 0.1) is 0 Å². The first kappa shape index (κ1) is 13.5. The zero-order valence-corrected chi connectivity index (χ0v) is 12.8. The van der Waals surface area contributed by atoms with Crippen molar-refractivity contribution in [3.8, 4) is 0 Å². The fourth-order valence-corrected chi connectivity index (χ4v) is 3.99. The van der Waals surface area contributed by atoms with Crippen molar-refractivity contribution >= 4 is 29.1 Å². The van der Waals surface area contributed by atoms with Gasteiger partial charge in [0.2, 0.25) is 0 Å². The topological polar surface area (TPSA) is 88.5 Å². The van der Waals surface area contributed by atoms with Crippen LogP contribution in [0.1, 0.15) is 35.5 Å². The Kier molecular flexibility index (Phi) is 3.71.